The highest BCUT2D eigenvalue weighted by atomic mass is 35.5. The minimum atomic E-state index is -1.42. The van der Waals surface area contributed by atoms with Crippen LogP contribution in [0.15, 0.2) is 60.7 Å². The Morgan fingerprint density at radius 1 is 0.868 bits per heavy atom. The summed E-state index contributed by atoms with van der Waals surface area (Å²) in [5, 5.41) is 3.42. The van der Waals surface area contributed by atoms with Gasteiger partial charge in [-0.25, -0.2) is 0 Å². The molecule has 1 saturated heterocycles. The number of nitrogens with one attached hydrogen (secondary N) is 1. The first-order valence-corrected chi connectivity index (χ1v) is 12.3. The molecule has 10 heteroatoms. The Morgan fingerprint density at radius 2 is 1.45 bits per heavy atom. The smallest absolute Gasteiger partial charge is 0.255 e. The summed E-state index contributed by atoms with van der Waals surface area (Å²) in [5.41, 5.74) is 0.0657. The Labute approximate surface area is 230 Å². The second-order valence-corrected chi connectivity index (χ2v) is 9.19. The average Bonchev–Trinajstić information content (AvgIpc) is 2.91. The van der Waals surface area contributed by atoms with E-state index in [-0.39, 0.29) is 22.4 Å². The molecule has 4 rings (SSSR count). The summed E-state index contributed by atoms with van der Waals surface area (Å²) in [4.78, 5) is 28.5. The number of carbonyl (C=O) groups excluding carboxylic acids is 2. The van der Waals surface area contributed by atoms with Crippen LogP contribution in [0.25, 0.3) is 6.08 Å². The minimum Gasteiger partial charge on any atom is -0.495 e. The molecule has 198 valence electrons. The Bertz CT molecular complexity index is 1400. The van der Waals surface area contributed by atoms with Crippen LogP contribution >= 0.6 is 23.2 Å². The molecule has 3 aromatic rings. The summed E-state index contributed by atoms with van der Waals surface area (Å²) in [6.07, 6.45) is 3.38. The number of rotatable bonds is 9. The monoisotopic (exact) mass is 556 g/mol. The van der Waals surface area contributed by atoms with Gasteiger partial charge in [-0.15, -0.1) is 0 Å². The van der Waals surface area contributed by atoms with Crippen molar-refractivity contribution in [1.82, 2.24) is 0 Å². The number of carbonyl (C=O) groups is 2. The molecule has 0 aromatic heterocycles. The topological polar surface area (TPSA) is 86.3 Å². The predicted octanol–water partition coefficient (Wildman–Crippen LogP) is 5.86. The van der Waals surface area contributed by atoms with Gasteiger partial charge in [0.1, 0.15) is 23.0 Å². The third kappa shape index (κ3) is 4.97. The van der Waals surface area contributed by atoms with Crippen LogP contribution < -0.4 is 29.2 Å². The number of hydrogen-bond donors (Lipinski definition) is 1. The molecular weight excluding hydrogens is 531 g/mol. The van der Waals surface area contributed by atoms with Gasteiger partial charge >= 0.3 is 0 Å². The van der Waals surface area contributed by atoms with E-state index in [0.717, 1.165) is 5.56 Å². The van der Waals surface area contributed by atoms with Gasteiger partial charge in [-0.3, -0.25) is 14.5 Å². The maximum atomic E-state index is 14.0. The quantitative estimate of drug-likeness (QED) is 0.332. The number of benzene rings is 3. The molecule has 38 heavy (non-hydrogen) atoms. The largest absolute Gasteiger partial charge is 0.495 e. The van der Waals surface area contributed by atoms with Gasteiger partial charge in [-0.05, 0) is 23.8 Å². The van der Waals surface area contributed by atoms with E-state index in [1.807, 2.05) is 30.3 Å². The van der Waals surface area contributed by atoms with Gasteiger partial charge in [0.25, 0.3) is 5.91 Å². The first-order chi connectivity index (χ1) is 18.3. The van der Waals surface area contributed by atoms with Crippen molar-refractivity contribution in [3.8, 4) is 23.0 Å². The first-order valence-electron chi connectivity index (χ1n) is 11.5. The minimum absolute atomic E-state index is 0.0961. The summed E-state index contributed by atoms with van der Waals surface area (Å²) in [7, 11) is 5.88. The second kappa shape index (κ2) is 11.2. The van der Waals surface area contributed by atoms with Crippen molar-refractivity contribution in [1.29, 1.82) is 0 Å². The van der Waals surface area contributed by atoms with Crippen LogP contribution in [0.4, 0.5) is 11.4 Å². The SMILES string of the molecule is COc1cc(OC)c(NC(=O)C2(C=Cc3ccccc3)CC(=O)N2c2cc(Cl)c(OC)cc2OC)cc1Cl. The van der Waals surface area contributed by atoms with Gasteiger partial charge in [-0.1, -0.05) is 59.6 Å². The van der Waals surface area contributed by atoms with Crippen molar-refractivity contribution in [3.63, 3.8) is 0 Å². The van der Waals surface area contributed by atoms with E-state index < -0.39 is 11.4 Å². The van der Waals surface area contributed by atoms with Crippen molar-refractivity contribution in [2.24, 2.45) is 0 Å². The molecule has 1 atom stereocenters. The van der Waals surface area contributed by atoms with Crippen LogP contribution in [0.1, 0.15) is 12.0 Å². The summed E-state index contributed by atoms with van der Waals surface area (Å²) in [6.45, 7) is 0. The molecule has 8 nitrogen and oxygen atoms in total. The first kappa shape index (κ1) is 27.2. The fourth-order valence-corrected chi connectivity index (χ4v) is 4.74. The normalized spacial score (nSPS) is 16.7. The van der Waals surface area contributed by atoms with Crippen LogP contribution in [-0.4, -0.2) is 45.8 Å². The molecule has 1 heterocycles. The zero-order chi connectivity index (χ0) is 27.4. The maximum absolute atomic E-state index is 14.0. The van der Waals surface area contributed by atoms with E-state index in [4.69, 9.17) is 42.1 Å². The number of nitrogens with zero attached hydrogens (tertiary/aromatic N) is 1. The fourth-order valence-electron chi connectivity index (χ4n) is 4.27. The molecule has 0 aliphatic carbocycles. The number of amides is 2. The molecule has 3 aromatic carbocycles. The predicted molar refractivity (Wildman–Crippen MR) is 148 cm³/mol. The summed E-state index contributed by atoms with van der Waals surface area (Å²) < 4.78 is 21.5. The summed E-state index contributed by atoms with van der Waals surface area (Å²) in [6, 6.07) is 15.6. The van der Waals surface area contributed by atoms with E-state index >= 15 is 0 Å². The summed E-state index contributed by atoms with van der Waals surface area (Å²) in [5.74, 6) is 0.625. The van der Waals surface area contributed by atoms with Crippen LogP contribution in [-0.2, 0) is 9.59 Å². The second-order valence-electron chi connectivity index (χ2n) is 8.37. The lowest BCUT2D eigenvalue weighted by Gasteiger charge is -2.49. The van der Waals surface area contributed by atoms with E-state index in [0.29, 0.717) is 34.4 Å². The molecule has 1 N–H and O–H groups in total. The van der Waals surface area contributed by atoms with Gasteiger partial charge in [0.15, 0.2) is 5.54 Å². The van der Waals surface area contributed by atoms with Gasteiger partial charge in [0.05, 0.1) is 56.3 Å². The Hall–Kier alpha value is -3.88. The Balaban J connectivity index is 1.83. The maximum Gasteiger partial charge on any atom is 0.255 e. The highest BCUT2D eigenvalue weighted by Crippen LogP contribution is 2.47. The van der Waals surface area contributed by atoms with Gasteiger partial charge < -0.3 is 24.3 Å². The van der Waals surface area contributed by atoms with Crippen LogP contribution in [0.3, 0.4) is 0 Å². The van der Waals surface area contributed by atoms with E-state index in [2.05, 4.69) is 5.32 Å². The fraction of sp³-hybridized carbons (Fsp3) is 0.214. The Kier molecular flexibility index (Phi) is 8.04. The van der Waals surface area contributed by atoms with Crippen molar-refractivity contribution in [2.45, 2.75) is 12.0 Å². The van der Waals surface area contributed by atoms with E-state index in [9.17, 15) is 9.59 Å². The molecule has 1 aliphatic heterocycles. The lowest BCUT2D eigenvalue weighted by molar-refractivity contribution is -0.134. The van der Waals surface area contributed by atoms with Crippen molar-refractivity contribution in [3.05, 3.63) is 76.3 Å². The average molecular weight is 557 g/mol. The zero-order valence-electron chi connectivity index (χ0n) is 21.2. The van der Waals surface area contributed by atoms with Crippen molar-refractivity contribution < 1.29 is 28.5 Å². The third-order valence-electron chi connectivity index (χ3n) is 6.23. The van der Waals surface area contributed by atoms with Crippen LogP contribution in [0.5, 0.6) is 23.0 Å². The molecule has 1 aliphatic rings. The van der Waals surface area contributed by atoms with Gasteiger partial charge in [-0.2, -0.15) is 0 Å². The number of methoxy groups -OCH3 is 4. The summed E-state index contributed by atoms with van der Waals surface area (Å²) >= 11 is 12.7. The number of halogens is 2. The molecule has 0 spiro atoms. The number of anilines is 2. The van der Waals surface area contributed by atoms with Crippen LogP contribution in [0.2, 0.25) is 10.0 Å². The standard InChI is InChI=1S/C28H26Cl2N2O6/c1-35-22-14-24(37-3)20(12-18(22)29)31-27(34)28(11-10-17-8-6-5-7-9-17)16-26(33)32(28)21-13-19(30)23(36-2)15-25(21)38-4/h5-15H,16H2,1-4H3,(H,31,34). The lowest BCUT2D eigenvalue weighted by Crippen LogP contribution is -2.68. The van der Waals surface area contributed by atoms with Crippen molar-refractivity contribution in [2.75, 3.05) is 38.7 Å². The molecule has 1 unspecified atom stereocenters. The molecule has 0 radical (unpaired) electrons. The molecule has 0 saturated carbocycles. The number of ether oxygens (including phenoxy) is 4. The van der Waals surface area contributed by atoms with Gasteiger partial charge in [0, 0.05) is 12.1 Å². The van der Waals surface area contributed by atoms with Gasteiger partial charge in [0.2, 0.25) is 5.91 Å². The molecule has 0 bridgehead atoms. The highest BCUT2D eigenvalue weighted by Gasteiger charge is 2.56. The molecule has 2 amide bonds. The highest BCUT2D eigenvalue weighted by molar-refractivity contribution is 6.33. The Morgan fingerprint density at radius 3 is 2.03 bits per heavy atom. The number of hydrogen-bond acceptors (Lipinski definition) is 6. The lowest BCUT2D eigenvalue weighted by atomic mass is 9.80. The van der Waals surface area contributed by atoms with E-state index in [1.165, 1.54) is 39.4 Å². The van der Waals surface area contributed by atoms with Crippen LogP contribution in [0, 0.1) is 0 Å². The zero-order valence-corrected chi connectivity index (χ0v) is 22.7. The van der Waals surface area contributed by atoms with E-state index in [1.54, 1.807) is 30.4 Å². The number of β-lactam (4-membered cyclic amide) rings is 1. The molecular formula is C28H26Cl2N2O6. The molecule has 1 fully saturated rings. The van der Waals surface area contributed by atoms with Crippen molar-refractivity contribution >= 4 is 52.5 Å². The third-order valence-corrected chi connectivity index (χ3v) is 6.82.